The summed E-state index contributed by atoms with van der Waals surface area (Å²) >= 11 is 1.45. The van der Waals surface area contributed by atoms with Crippen molar-refractivity contribution in [1.29, 1.82) is 0 Å². The van der Waals surface area contributed by atoms with Crippen LogP contribution < -0.4 is 16.0 Å². The fourth-order valence-corrected chi connectivity index (χ4v) is 3.26. The third kappa shape index (κ3) is 3.94. The van der Waals surface area contributed by atoms with Crippen molar-refractivity contribution in [2.75, 3.05) is 21.7 Å². The summed E-state index contributed by atoms with van der Waals surface area (Å²) in [5.41, 5.74) is 1.34. The summed E-state index contributed by atoms with van der Waals surface area (Å²) in [6, 6.07) is 10.8. The number of benzene rings is 2. The van der Waals surface area contributed by atoms with Crippen molar-refractivity contribution in [3.8, 4) is 0 Å². The zero-order chi connectivity index (χ0) is 18.7. The van der Waals surface area contributed by atoms with Gasteiger partial charge in [-0.25, -0.2) is 0 Å². The summed E-state index contributed by atoms with van der Waals surface area (Å²) in [6.45, 7) is 1.65. The fraction of sp³-hybridized carbons (Fsp3) is 0.176. The van der Waals surface area contributed by atoms with Gasteiger partial charge in [0.2, 0.25) is 11.8 Å². The van der Waals surface area contributed by atoms with Gasteiger partial charge in [-0.3, -0.25) is 19.7 Å². The second-order valence-corrected chi connectivity index (χ2v) is 6.69. The molecule has 0 saturated carbocycles. The molecule has 0 aromatic heterocycles. The van der Waals surface area contributed by atoms with Crippen molar-refractivity contribution < 1.29 is 14.5 Å². The first kappa shape index (κ1) is 17.7. The first-order valence-electron chi connectivity index (χ1n) is 7.81. The Morgan fingerprint density at radius 3 is 2.85 bits per heavy atom. The smallest absolute Gasteiger partial charge is 0.292 e. The van der Waals surface area contributed by atoms with Crippen molar-refractivity contribution in [3.63, 3.8) is 0 Å². The summed E-state index contributed by atoms with van der Waals surface area (Å²) in [5, 5.41) is 19.4. The zero-order valence-electron chi connectivity index (χ0n) is 13.8. The number of hydrogen-bond acceptors (Lipinski definition) is 6. The van der Waals surface area contributed by atoms with Crippen molar-refractivity contribution in [1.82, 2.24) is 0 Å². The van der Waals surface area contributed by atoms with Crippen LogP contribution in [-0.4, -0.2) is 28.5 Å². The molecule has 3 rings (SSSR count). The minimum atomic E-state index is -0.639. The number of nitrogens with one attached hydrogen (secondary N) is 3. The maximum absolute atomic E-state index is 12.4. The number of fused-ring (bicyclic) bond motifs is 1. The predicted octanol–water partition coefficient (Wildman–Crippen LogP) is 3.08. The molecule has 1 atom stereocenters. The molecule has 1 heterocycles. The number of hydrogen-bond donors (Lipinski definition) is 3. The quantitative estimate of drug-likeness (QED) is 0.549. The van der Waals surface area contributed by atoms with Crippen LogP contribution in [0.4, 0.5) is 22.7 Å². The molecule has 8 nitrogen and oxygen atoms in total. The van der Waals surface area contributed by atoms with Gasteiger partial charge in [-0.05, 0) is 31.2 Å². The van der Waals surface area contributed by atoms with Gasteiger partial charge in [-0.2, -0.15) is 0 Å². The Bertz CT molecular complexity index is 887. The van der Waals surface area contributed by atoms with E-state index in [2.05, 4.69) is 16.0 Å². The highest BCUT2D eigenvalue weighted by atomic mass is 32.2. The Morgan fingerprint density at radius 1 is 1.31 bits per heavy atom. The van der Waals surface area contributed by atoms with Gasteiger partial charge >= 0.3 is 0 Å². The highest BCUT2D eigenvalue weighted by Gasteiger charge is 2.20. The number of para-hydroxylation sites is 2. The standard InChI is InChI=1S/C17H16N4O4S/c1-10(17(23)20-12-4-2-3-5-14(12)21(24)25)18-11-6-7-15-13(8-11)19-16(22)9-26-15/h2-8,10,18H,9H2,1H3,(H,19,22)(H,20,23)/t10-/m1/s1. The number of thioether (sulfide) groups is 1. The van der Waals surface area contributed by atoms with Crippen LogP contribution >= 0.6 is 11.8 Å². The molecule has 3 N–H and O–H groups in total. The topological polar surface area (TPSA) is 113 Å². The minimum absolute atomic E-state index is 0.0678. The second kappa shape index (κ2) is 7.44. The number of amides is 2. The van der Waals surface area contributed by atoms with E-state index in [1.54, 1.807) is 19.1 Å². The number of nitro groups is 1. The molecule has 26 heavy (non-hydrogen) atoms. The van der Waals surface area contributed by atoms with Crippen LogP contribution in [0.5, 0.6) is 0 Å². The SMILES string of the molecule is C[C@@H](Nc1ccc2c(c1)NC(=O)CS2)C(=O)Nc1ccccc1[N+](=O)[O-]. The van der Waals surface area contributed by atoms with Gasteiger partial charge in [0, 0.05) is 16.6 Å². The molecule has 0 spiro atoms. The van der Waals surface area contributed by atoms with Crippen LogP contribution in [0.2, 0.25) is 0 Å². The number of nitro benzene ring substituents is 1. The molecule has 134 valence electrons. The van der Waals surface area contributed by atoms with E-state index < -0.39 is 16.9 Å². The lowest BCUT2D eigenvalue weighted by Gasteiger charge is -2.19. The number of rotatable bonds is 5. The van der Waals surface area contributed by atoms with E-state index in [-0.39, 0.29) is 17.3 Å². The lowest BCUT2D eigenvalue weighted by molar-refractivity contribution is -0.383. The molecular weight excluding hydrogens is 356 g/mol. The number of carbonyl (C=O) groups excluding carboxylic acids is 2. The van der Waals surface area contributed by atoms with Crippen LogP contribution in [0.3, 0.4) is 0 Å². The van der Waals surface area contributed by atoms with Gasteiger partial charge in [-0.15, -0.1) is 11.8 Å². The maximum Gasteiger partial charge on any atom is 0.292 e. The maximum atomic E-state index is 12.4. The van der Waals surface area contributed by atoms with E-state index in [1.807, 2.05) is 12.1 Å². The van der Waals surface area contributed by atoms with Crippen molar-refractivity contribution in [3.05, 3.63) is 52.6 Å². The largest absolute Gasteiger partial charge is 0.374 e. The lowest BCUT2D eigenvalue weighted by Crippen LogP contribution is -2.32. The van der Waals surface area contributed by atoms with Crippen molar-refractivity contribution in [2.24, 2.45) is 0 Å². The summed E-state index contributed by atoms with van der Waals surface area (Å²) in [6.07, 6.45) is 0. The van der Waals surface area contributed by atoms with Crippen LogP contribution in [0.25, 0.3) is 0 Å². The van der Waals surface area contributed by atoms with Crippen LogP contribution in [0.1, 0.15) is 6.92 Å². The summed E-state index contributed by atoms with van der Waals surface area (Å²) in [5.74, 6) is -0.0914. The van der Waals surface area contributed by atoms with Gasteiger partial charge < -0.3 is 16.0 Å². The Kier molecular flexibility index (Phi) is 5.08. The number of nitrogens with zero attached hydrogens (tertiary/aromatic N) is 1. The third-order valence-corrected chi connectivity index (χ3v) is 4.82. The van der Waals surface area contributed by atoms with Crippen LogP contribution in [0.15, 0.2) is 47.4 Å². The van der Waals surface area contributed by atoms with E-state index in [4.69, 9.17) is 0 Å². The van der Waals surface area contributed by atoms with Gasteiger partial charge in [-0.1, -0.05) is 12.1 Å². The van der Waals surface area contributed by atoms with E-state index in [9.17, 15) is 19.7 Å². The van der Waals surface area contributed by atoms with E-state index >= 15 is 0 Å². The highest BCUT2D eigenvalue weighted by Crippen LogP contribution is 2.33. The molecular formula is C17H16N4O4S. The molecule has 1 aliphatic heterocycles. The molecule has 9 heteroatoms. The third-order valence-electron chi connectivity index (χ3n) is 3.75. The Hall–Kier alpha value is -3.07. The molecule has 2 aromatic rings. The van der Waals surface area contributed by atoms with E-state index in [0.29, 0.717) is 17.1 Å². The van der Waals surface area contributed by atoms with Crippen LogP contribution in [0, 0.1) is 10.1 Å². The summed E-state index contributed by atoms with van der Waals surface area (Å²) in [7, 11) is 0. The second-order valence-electron chi connectivity index (χ2n) is 5.68. The van der Waals surface area contributed by atoms with Crippen molar-refractivity contribution in [2.45, 2.75) is 17.9 Å². The molecule has 0 radical (unpaired) electrons. The molecule has 0 aliphatic carbocycles. The first-order valence-corrected chi connectivity index (χ1v) is 8.80. The molecule has 1 aliphatic rings. The minimum Gasteiger partial charge on any atom is -0.374 e. The average Bonchev–Trinajstić information content (AvgIpc) is 2.61. The molecule has 0 unspecified atom stereocenters. The van der Waals surface area contributed by atoms with Gasteiger partial charge in [0.15, 0.2) is 0 Å². The fourth-order valence-electron chi connectivity index (χ4n) is 2.47. The lowest BCUT2D eigenvalue weighted by atomic mass is 10.2. The Balaban J connectivity index is 1.69. The van der Waals surface area contributed by atoms with Crippen molar-refractivity contribution >= 4 is 46.3 Å². The highest BCUT2D eigenvalue weighted by molar-refractivity contribution is 8.00. The number of anilines is 3. The van der Waals surface area contributed by atoms with Gasteiger partial charge in [0.1, 0.15) is 11.7 Å². The van der Waals surface area contributed by atoms with E-state index in [1.165, 1.54) is 30.0 Å². The normalized spacial score (nSPS) is 14.0. The molecule has 2 amide bonds. The molecule has 0 bridgehead atoms. The monoisotopic (exact) mass is 372 g/mol. The Labute approximate surface area is 153 Å². The molecule has 0 saturated heterocycles. The molecule has 2 aromatic carbocycles. The van der Waals surface area contributed by atoms with Gasteiger partial charge in [0.25, 0.3) is 5.69 Å². The molecule has 0 fully saturated rings. The summed E-state index contributed by atoms with van der Waals surface area (Å²) < 4.78 is 0. The Morgan fingerprint density at radius 2 is 2.08 bits per heavy atom. The van der Waals surface area contributed by atoms with Gasteiger partial charge in [0.05, 0.1) is 16.4 Å². The summed E-state index contributed by atoms with van der Waals surface area (Å²) in [4.78, 5) is 35.3. The zero-order valence-corrected chi connectivity index (χ0v) is 14.6. The first-order chi connectivity index (χ1) is 12.4. The average molecular weight is 372 g/mol. The van der Waals surface area contributed by atoms with Crippen LogP contribution in [-0.2, 0) is 9.59 Å². The van der Waals surface area contributed by atoms with E-state index in [0.717, 1.165) is 4.90 Å². The predicted molar refractivity (Wildman–Crippen MR) is 101 cm³/mol. The number of carbonyl (C=O) groups is 2.